The van der Waals surface area contributed by atoms with Gasteiger partial charge in [0.05, 0.1) is 5.69 Å². The van der Waals surface area contributed by atoms with E-state index in [0.717, 1.165) is 47.8 Å². The normalized spacial score (nSPS) is 13.9. The fourth-order valence-corrected chi connectivity index (χ4v) is 5.18. The van der Waals surface area contributed by atoms with E-state index < -0.39 is 35.0 Å². The van der Waals surface area contributed by atoms with Crippen molar-refractivity contribution in [2.45, 2.75) is 25.6 Å². The summed E-state index contributed by atoms with van der Waals surface area (Å²) in [4.78, 5) is 29.5. The molecule has 6 rings (SSSR count). The van der Waals surface area contributed by atoms with Crippen molar-refractivity contribution in [3.05, 3.63) is 106 Å². The van der Waals surface area contributed by atoms with Gasteiger partial charge in [0.2, 0.25) is 0 Å². The van der Waals surface area contributed by atoms with Crippen LogP contribution in [0.3, 0.4) is 0 Å². The zero-order valence-electron chi connectivity index (χ0n) is 22.6. The highest BCUT2D eigenvalue weighted by atomic mass is 19.4. The highest BCUT2D eigenvalue weighted by Gasteiger charge is 2.36. The van der Waals surface area contributed by atoms with Crippen molar-refractivity contribution in [2.24, 2.45) is 0 Å². The van der Waals surface area contributed by atoms with E-state index in [-0.39, 0.29) is 17.2 Å². The van der Waals surface area contributed by atoms with Crippen molar-refractivity contribution >= 4 is 11.6 Å². The van der Waals surface area contributed by atoms with Crippen LogP contribution in [0.2, 0.25) is 0 Å². The first-order valence-electron chi connectivity index (χ1n) is 13.5. The monoisotopic (exact) mass is 591 g/mol. The molecule has 0 aliphatic carbocycles. The lowest BCUT2D eigenvalue weighted by Gasteiger charge is -2.18. The third-order valence-corrected chi connectivity index (χ3v) is 7.22. The van der Waals surface area contributed by atoms with Crippen molar-refractivity contribution in [1.29, 1.82) is 0 Å². The molecular formula is C30H25F4N7O2. The van der Waals surface area contributed by atoms with Crippen LogP contribution >= 0.6 is 0 Å². The number of carbonyl (C=O) groups excluding carboxylic acids is 1. The Labute approximate surface area is 242 Å². The number of aromatic amines is 2. The molecule has 0 saturated carbocycles. The first kappa shape index (κ1) is 28.1. The van der Waals surface area contributed by atoms with Gasteiger partial charge in [-0.15, -0.1) is 0 Å². The fraction of sp³-hybridized carbons (Fsp3) is 0.200. The van der Waals surface area contributed by atoms with E-state index >= 15 is 4.39 Å². The highest BCUT2D eigenvalue weighted by Crippen LogP contribution is 2.32. The molecule has 3 heterocycles. The van der Waals surface area contributed by atoms with Crippen molar-refractivity contribution in [3.8, 4) is 28.2 Å². The molecule has 1 saturated heterocycles. The van der Waals surface area contributed by atoms with Crippen LogP contribution in [-0.4, -0.2) is 48.9 Å². The van der Waals surface area contributed by atoms with Crippen LogP contribution in [0.5, 0.6) is 0 Å². The minimum Gasteiger partial charge on any atom is -0.321 e. The van der Waals surface area contributed by atoms with Gasteiger partial charge in [-0.25, -0.2) is 19.0 Å². The maximum absolute atomic E-state index is 15.4. The molecule has 2 aromatic heterocycles. The number of aromatic nitrogens is 5. The molecule has 13 heteroatoms. The lowest BCUT2D eigenvalue weighted by molar-refractivity contribution is -0.141. The van der Waals surface area contributed by atoms with E-state index in [1.54, 1.807) is 12.1 Å². The van der Waals surface area contributed by atoms with E-state index in [1.165, 1.54) is 24.3 Å². The average Bonchev–Trinajstić information content (AvgIpc) is 3.75. The number of anilines is 1. The number of benzene rings is 3. The number of hydrogen-bond acceptors (Lipinski definition) is 5. The number of hydrogen-bond donors (Lipinski definition) is 3. The maximum atomic E-state index is 15.4. The summed E-state index contributed by atoms with van der Waals surface area (Å²) in [6, 6.07) is 18.3. The van der Waals surface area contributed by atoms with Crippen LogP contribution in [0.25, 0.3) is 28.2 Å². The summed E-state index contributed by atoms with van der Waals surface area (Å²) in [7, 11) is 0. The summed E-state index contributed by atoms with van der Waals surface area (Å²) < 4.78 is 57.2. The molecule has 43 heavy (non-hydrogen) atoms. The second-order valence-electron chi connectivity index (χ2n) is 10.2. The predicted molar refractivity (Wildman–Crippen MR) is 151 cm³/mol. The number of alkyl halides is 3. The summed E-state index contributed by atoms with van der Waals surface area (Å²) >= 11 is 0. The second-order valence-corrected chi connectivity index (χ2v) is 10.2. The zero-order chi connectivity index (χ0) is 30.1. The molecule has 3 aromatic carbocycles. The number of carbonyl (C=O) groups is 1. The molecule has 0 radical (unpaired) electrons. The van der Waals surface area contributed by atoms with Crippen molar-refractivity contribution in [1.82, 2.24) is 29.9 Å². The lowest BCUT2D eigenvalue weighted by Crippen LogP contribution is -2.19. The molecule has 0 spiro atoms. The number of halogens is 4. The van der Waals surface area contributed by atoms with Gasteiger partial charge < -0.3 is 5.32 Å². The second kappa shape index (κ2) is 11.3. The van der Waals surface area contributed by atoms with E-state index in [1.807, 2.05) is 24.3 Å². The van der Waals surface area contributed by atoms with Crippen LogP contribution in [0, 0.1) is 5.82 Å². The van der Waals surface area contributed by atoms with Gasteiger partial charge in [-0.1, -0.05) is 36.4 Å². The Balaban J connectivity index is 1.29. The van der Waals surface area contributed by atoms with Crippen LogP contribution in [-0.2, 0) is 12.7 Å². The van der Waals surface area contributed by atoms with Crippen LogP contribution in [0.15, 0.2) is 77.6 Å². The van der Waals surface area contributed by atoms with Crippen LogP contribution in [0.4, 0.5) is 23.2 Å². The zero-order valence-corrected chi connectivity index (χ0v) is 22.6. The van der Waals surface area contributed by atoms with Gasteiger partial charge in [0, 0.05) is 29.4 Å². The molecular weight excluding hydrogens is 566 g/mol. The first-order chi connectivity index (χ1) is 20.7. The molecule has 9 nitrogen and oxygen atoms in total. The summed E-state index contributed by atoms with van der Waals surface area (Å²) in [6.45, 7) is 2.67. The van der Waals surface area contributed by atoms with Crippen LogP contribution < -0.4 is 11.0 Å². The molecule has 0 unspecified atom stereocenters. The number of rotatable bonds is 7. The Morgan fingerprint density at radius 1 is 0.953 bits per heavy atom. The molecule has 1 fully saturated rings. The third kappa shape index (κ3) is 5.97. The van der Waals surface area contributed by atoms with Gasteiger partial charge in [0.15, 0.2) is 11.5 Å². The molecule has 3 N–H and O–H groups in total. The van der Waals surface area contributed by atoms with E-state index in [2.05, 4.69) is 30.5 Å². The molecule has 0 bridgehead atoms. The smallest absolute Gasteiger partial charge is 0.321 e. The number of nitrogens with zero attached hydrogens (tertiary/aromatic N) is 4. The molecule has 0 atom stereocenters. The minimum atomic E-state index is -4.83. The van der Waals surface area contributed by atoms with Crippen molar-refractivity contribution in [2.75, 3.05) is 18.4 Å². The Morgan fingerprint density at radius 2 is 1.74 bits per heavy atom. The van der Waals surface area contributed by atoms with Gasteiger partial charge in [-0.05, 0) is 67.4 Å². The third-order valence-electron chi connectivity index (χ3n) is 7.22. The van der Waals surface area contributed by atoms with Gasteiger partial charge in [-0.3, -0.25) is 14.7 Å². The van der Waals surface area contributed by atoms with E-state index in [9.17, 15) is 22.8 Å². The maximum Gasteiger partial charge on any atom is 0.435 e. The largest absolute Gasteiger partial charge is 0.435 e. The number of amides is 1. The molecule has 5 aromatic rings. The summed E-state index contributed by atoms with van der Waals surface area (Å²) in [6.07, 6.45) is -2.57. The van der Waals surface area contributed by atoms with Crippen molar-refractivity contribution in [3.63, 3.8) is 0 Å². The van der Waals surface area contributed by atoms with Gasteiger partial charge in [0.25, 0.3) is 5.91 Å². The fourth-order valence-electron chi connectivity index (χ4n) is 5.18. The number of nitrogens with one attached hydrogen (secondary N) is 3. The Bertz CT molecular complexity index is 1850. The summed E-state index contributed by atoms with van der Waals surface area (Å²) in [5.74, 6) is -1.36. The Hall–Kier alpha value is -5.04. The molecule has 1 amide bonds. The van der Waals surface area contributed by atoms with Gasteiger partial charge in [-0.2, -0.15) is 23.4 Å². The molecule has 220 valence electrons. The highest BCUT2D eigenvalue weighted by molar-refractivity contribution is 6.03. The Kier molecular flexibility index (Phi) is 7.40. The SMILES string of the molecule is O=C(Nc1ccc(-c2ccccc2CN2CCCC2)c(F)c1)c1cc(C(F)(F)F)nn1-c1cccc(-c2n[nH]c(=O)[nH]2)c1. The average molecular weight is 592 g/mol. The van der Waals surface area contributed by atoms with E-state index in [4.69, 9.17) is 0 Å². The molecule has 1 aliphatic rings. The first-order valence-corrected chi connectivity index (χ1v) is 13.5. The summed E-state index contributed by atoms with van der Waals surface area (Å²) in [5.41, 5.74) is 0.325. The quantitative estimate of drug-likeness (QED) is 0.213. The number of H-pyrrole nitrogens is 2. The molecule has 1 aliphatic heterocycles. The van der Waals surface area contributed by atoms with E-state index in [0.29, 0.717) is 23.7 Å². The number of likely N-dealkylation sites (tertiary alicyclic amines) is 1. The Morgan fingerprint density at radius 3 is 2.47 bits per heavy atom. The van der Waals surface area contributed by atoms with Gasteiger partial charge in [0.1, 0.15) is 11.5 Å². The lowest BCUT2D eigenvalue weighted by atomic mass is 9.98. The minimum absolute atomic E-state index is 0.0624. The predicted octanol–water partition coefficient (Wildman–Crippen LogP) is 5.62. The topological polar surface area (TPSA) is 112 Å². The standard InChI is InChI=1S/C30H25F4N7O2/c31-24-15-20(10-11-23(24)22-9-2-1-6-19(22)17-40-12-3-4-13-40)35-28(42)25-16-26(30(32,33)34)39-41(25)21-8-5-7-18(14-21)27-36-29(43)38-37-27/h1-2,5-11,14-16H,3-4,12-13,17H2,(H,35,42)(H2,36,37,38,43). The van der Waals surface area contributed by atoms with Crippen LogP contribution in [0.1, 0.15) is 34.6 Å². The van der Waals surface area contributed by atoms with Gasteiger partial charge >= 0.3 is 11.9 Å². The van der Waals surface area contributed by atoms with Crippen molar-refractivity contribution < 1.29 is 22.4 Å². The summed E-state index contributed by atoms with van der Waals surface area (Å²) in [5, 5.41) is 12.2.